The molecule has 0 radical (unpaired) electrons. The number of furan rings is 1. The van der Waals surface area contributed by atoms with Crippen molar-refractivity contribution in [3.05, 3.63) is 36.1 Å². The van der Waals surface area contributed by atoms with E-state index in [1.165, 1.54) is 6.26 Å². The summed E-state index contributed by atoms with van der Waals surface area (Å²) in [6.45, 7) is 0. The second-order valence-corrected chi connectivity index (χ2v) is 2.72. The summed E-state index contributed by atoms with van der Waals surface area (Å²) in [5.41, 5.74) is 1.21. The summed E-state index contributed by atoms with van der Waals surface area (Å²) in [7, 11) is 0. The lowest BCUT2D eigenvalue weighted by molar-refractivity contribution is 0.236. The number of rotatable bonds is 1. The minimum Gasteiger partial charge on any atom is -0.464 e. The summed E-state index contributed by atoms with van der Waals surface area (Å²) in [5, 5.41) is 18.6. The van der Waals surface area contributed by atoms with Crippen LogP contribution in [0.4, 0.5) is 0 Å². The van der Waals surface area contributed by atoms with Gasteiger partial charge in [0.15, 0.2) is 6.10 Å². The highest BCUT2D eigenvalue weighted by molar-refractivity contribution is 5.81. The van der Waals surface area contributed by atoms with E-state index in [1.807, 2.05) is 18.2 Å². The average molecular weight is 173 g/mol. The normalized spacial score (nSPS) is 12.6. The zero-order valence-corrected chi connectivity index (χ0v) is 6.77. The van der Waals surface area contributed by atoms with Crippen molar-refractivity contribution >= 4 is 11.0 Å². The first-order valence-corrected chi connectivity index (χ1v) is 3.87. The van der Waals surface area contributed by atoms with E-state index < -0.39 is 6.10 Å². The van der Waals surface area contributed by atoms with Crippen LogP contribution in [0.2, 0.25) is 0 Å². The molecule has 64 valence electrons. The molecule has 1 aromatic carbocycles. The van der Waals surface area contributed by atoms with Crippen LogP contribution >= 0.6 is 0 Å². The summed E-state index contributed by atoms with van der Waals surface area (Å²) in [6.07, 6.45) is 0.307. The van der Waals surface area contributed by atoms with Crippen LogP contribution in [0.3, 0.4) is 0 Å². The van der Waals surface area contributed by atoms with Gasteiger partial charge in [-0.2, -0.15) is 5.26 Å². The Labute approximate surface area is 74.8 Å². The molecule has 1 atom stereocenters. The maximum absolute atomic E-state index is 9.30. The van der Waals surface area contributed by atoms with E-state index in [1.54, 1.807) is 12.1 Å². The van der Waals surface area contributed by atoms with Crippen LogP contribution in [0.5, 0.6) is 0 Å². The Bertz CT molecular complexity index is 467. The standard InChI is InChI=1S/C10H7NO2/c11-5-9(12)8-6-13-10-4-2-1-3-7(8)10/h1-4,6,9,12H. The van der Waals surface area contributed by atoms with Crippen molar-refractivity contribution in [1.29, 1.82) is 5.26 Å². The number of fused-ring (bicyclic) bond motifs is 1. The molecule has 1 aromatic heterocycles. The Balaban J connectivity index is 2.66. The van der Waals surface area contributed by atoms with Gasteiger partial charge in [0, 0.05) is 10.9 Å². The van der Waals surface area contributed by atoms with Gasteiger partial charge in [-0.1, -0.05) is 18.2 Å². The number of benzene rings is 1. The number of aliphatic hydroxyl groups excluding tert-OH is 1. The molecule has 1 heterocycles. The Morgan fingerprint density at radius 3 is 2.92 bits per heavy atom. The predicted octanol–water partition coefficient (Wildman–Crippen LogP) is 1.99. The molecule has 0 saturated carbocycles. The van der Waals surface area contributed by atoms with Gasteiger partial charge in [0.2, 0.25) is 0 Å². The molecule has 0 aliphatic carbocycles. The van der Waals surface area contributed by atoms with Gasteiger partial charge in [0.25, 0.3) is 0 Å². The van der Waals surface area contributed by atoms with Crippen molar-refractivity contribution in [1.82, 2.24) is 0 Å². The number of hydrogen-bond donors (Lipinski definition) is 1. The van der Waals surface area contributed by atoms with Crippen molar-refractivity contribution < 1.29 is 9.52 Å². The summed E-state index contributed by atoms with van der Waals surface area (Å²) >= 11 is 0. The first-order chi connectivity index (χ1) is 6.33. The van der Waals surface area contributed by atoms with Crippen molar-refractivity contribution in [3.63, 3.8) is 0 Å². The third-order valence-electron chi connectivity index (χ3n) is 1.93. The monoisotopic (exact) mass is 173 g/mol. The van der Waals surface area contributed by atoms with Gasteiger partial charge in [0.1, 0.15) is 5.58 Å². The topological polar surface area (TPSA) is 57.2 Å². The molecule has 0 fully saturated rings. The molecule has 3 heteroatoms. The van der Waals surface area contributed by atoms with E-state index in [0.29, 0.717) is 11.1 Å². The minimum atomic E-state index is -1.11. The zero-order valence-electron chi connectivity index (χ0n) is 6.77. The quantitative estimate of drug-likeness (QED) is 0.671. The number of aliphatic hydroxyl groups is 1. The maximum atomic E-state index is 9.30. The molecule has 2 rings (SSSR count). The number of nitrogens with zero attached hydrogens (tertiary/aromatic N) is 1. The molecule has 1 unspecified atom stereocenters. The molecule has 2 aromatic rings. The number of nitriles is 1. The molecule has 0 bridgehead atoms. The molecule has 0 aliphatic heterocycles. The van der Waals surface area contributed by atoms with Crippen LogP contribution in [0.15, 0.2) is 34.9 Å². The summed E-state index contributed by atoms with van der Waals surface area (Å²) in [4.78, 5) is 0. The van der Waals surface area contributed by atoms with E-state index in [4.69, 9.17) is 9.68 Å². The molecular formula is C10H7NO2. The van der Waals surface area contributed by atoms with Crippen LogP contribution in [-0.4, -0.2) is 5.11 Å². The first-order valence-electron chi connectivity index (χ1n) is 3.87. The fraction of sp³-hybridized carbons (Fsp3) is 0.100. The molecule has 0 amide bonds. The SMILES string of the molecule is N#CC(O)c1coc2ccccc12. The van der Waals surface area contributed by atoms with E-state index in [-0.39, 0.29) is 0 Å². The van der Waals surface area contributed by atoms with E-state index in [2.05, 4.69) is 0 Å². The van der Waals surface area contributed by atoms with Crippen LogP contribution < -0.4 is 0 Å². The molecule has 3 nitrogen and oxygen atoms in total. The Morgan fingerprint density at radius 1 is 1.38 bits per heavy atom. The molecule has 0 saturated heterocycles. The number of para-hydroxylation sites is 1. The minimum absolute atomic E-state index is 0.526. The Hall–Kier alpha value is -1.79. The van der Waals surface area contributed by atoms with Gasteiger partial charge in [-0.15, -0.1) is 0 Å². The second kappa shape index (κ2) is 2.92. The third kappa shape index (κ3) is 1.17. The van der Waals surface area contributed by atoms with Crippen molar-refractivity contribution in [3.8, 4) is 6.07 Å². The van der Waals surface area contributed by atoms with Crippen LogP contribution in [0, 0.1) is 11.3 Å². The molecule has 0 spiro atoms. The van der Waals surface area contributed by atoms with Gasteiger partial charge >= 0.3 is 0 Å². The highest BCUT2D eigenvalue weighted by atomic mass is 16.3. The Morgan fingerprint density at radius 2 is 2.15 bits per heavy atom. The summed E-state index contributed by atoms with van der Waals surface area (Å²) in [6, 6.07) is 9.04. The summed E-state index contributed by atoms with van der Waals surface area (Å²) < 4.78 is 5.16. The van der Waals surface area contributed by atoms with Crippen LogP contribution in [0.1, 0.15) is 11.7 Å². The third-order valence-corrected chi connectivity index (χ3v) is 1.93. The van der Waals surface area contributed by atoms with E-state index >= 15 is 0 Å². The lowest BCUT2D eigenvalue weighted by Crippen LogP contribution is -1.90. The van der Waals surface area contributed by atoms with Crippen molar-refractivity contribution in [2.75, 3.05) is 0 Å². The number of hydrogen-bond acceptors (Lipinski definition) is 3. The average Bonchev–Trinajstić information content (AvgIpc) is 2.60. The van der Waals surface area contributed by atoms with Gasteiger partial charge in [-0.05, 0) is 6.07 Å². The summed E-state index contributed by atoms with van der Waals surface area (Å²) in [5.74, 6) is 0. The van der Waals surface area contributed by atoms with Gasteiger partial charge in [0.05, 0.1) is 12.3 Å². The lowest BCUT2D eigenvalue weighted by atomic mass is 10.1. The largest absolute Gasteiger partial charge is 0.464 e. The molecule has 0 aliphatic rings. The predicted molar refractivity (Wildman–Crippen MR) is 46.8 cm³/mol. The second-order valence-electron chi connectivity index (χ2n) is 2.72. The highest BCUT2D eigenvalue weighted by Gasteiger charge is 2.12. The molecular weight excluding hydrogens is 166 g/mol. The van der Waals surface area contributed by atoms with Gasteiger partial charge in [-0.25, -0.2) is 0 Å². The first kappa shape index (κ1) is 7.84. The van der Waals surface area contributed by atoms with Gasteiger partial charge in [-0.3, -0.25) is 0 Å². The Kier molecular flexibility index (Phi) is 1.76. The highest BCUT2D eigenvalue weighted by Crippen LogP contribution is 2.25. The molecule has 1 N–H and O–H groups in total. The zero-order chi connectivity index (χ0) is 9.26. The van der Waals surface area contributed by atoms with Crippen molar-refractivity contribution in [2.24, 2.45) is 0 Å². The van der Waals surface area contributed by atoms with Gasteiger partial charge < -0.3 is 9.52 Å². The van der Waals surface area contributed by atoms with E-state index in [9.17, 15) is 5.11 Å². The molecule has 13 heavy (non-hydrogen) atoms. The smallest absolute Gasteiger partial charge is 0.169 e. The lowest BCUT2D eigenvalue weighted by Gasteiger charge is -1.96. The fourth-order valence-electron chi connectivity index (χ4n) is 1.28. The van der Waals surface area contributed by atoms with Crippen LogP contribution in [-0.2, 0) is 0 Å². The maximum Gasteiger partial charge on any atom is 0.169 e. The van der Waals surface area contributed by atoms with E-state index in [0.717, 1.165) is 5.39 Å². The fourth-order valence-corrected chi connectivity index (χ4v) is 1.28. The van der Waals surface area contributed by atoms with Crippen LogP contribution in [0.25, 0.3) is 11.0 Å². The van der Waals surface area contributed by atoms with Crippen molar-refractivity contribution in [2.45, 2.75) is 6.10 Å².